The summed E-state index contributed by atoms with van der Waals surface area (Å²) in [6.45, 7) is 3.00. The Kier molecular flexibility index (Phi) is 5.89. The van der Waals surface area contributed by atoms with Gasteiger partial charge in [-0.15, -0.1) is 5.10 Å². The van der Waals surface area contributed by atoms with Crippen LogP contribution in [0, 0.1) is 5.82 Å². The summed E-state index contributed by atoms with van der Waals surface area (Å²) in [5.74, 6) is 0.188. The Morgan fingerprint density at radius 1 is 1.14 bits per heavy atom. The van der Waals surface area contributed by atoms with Gasteiger partial charge in [-0.3, -0.25) is 9.69 Å². The predicted octanol–water partition coefficient (Wildman–Crippen LogP) is 3.18. The molecule has 10 heteroatoms. The second-order valence-electron chi connectivity index (χ2n) is 6.68. The second kappa shape index (κ2) is 8.56. The maximum atomic E-state index is 13.5. The number of nitrogens with zero attached hydrogens (tertiary/aromatic N) is 6. The van der Waals surface area contributed by atoms with Crippen LogP contribution in [0.1, 0.15) is 16.2 Å². The maximum absolute atomic E-state index is 13.5. The molecule has 0 N–H and O–H groups in total. The number of hydrogen-bond acceptors (Lipinski definition) is 5. The van der Waals surface area contributed by atoms with Crippen LogP contribution in [-0.4, -0.2) is 62.1 Å². The van der Waals surface area contributed by atoms with E-state index in [9.17, 15) is 9.18 Å². The number of hydrogen-bond donors (Lipinski definition) is 0. The zero-order valence-corrected chi connectivity index (χ0v) is 17.6. The number of carbonyl (C=O) groups excluding carboxylic acids is 1. The number of rotatable bonds is 4. The Morgan fingerprint density at radius 3 is 2.69 bits per heavy atom. The van der Waals surface area contributed by atoms with Gasteiger partial charge in [0.1, 0.15) is 5.82 Å². The number of halogens is 3. The van der Waals surface area contributed by atoms with Gasteiger partial charge in [0.25, 0.3) is 5.91 Å². The zero-order chi connectivity index (χ0) is 20.4. The molecule has 0 spiro atoms. The van der Waals surface area contributed by atoms with E-state index in [1.165, 1.54) is 16.8 Å². The van der Waals surface area contributed by atoms with Crippen molar-refractivity contribution in [2.24, 2.45) is 0 Å². The molecule has 0 saturated carbocycles. The van der Waals surface area contributed by atoms with E-state index in [1.807, 2.05) is 0 Å². The number of amides is 1. The average Bonchev–Trinajstić information content (AvgIpc) is 3.18. The van der Waals surface area contributed by atoms with Gasteiger partial charge in [0.2, 0.25) is 0 Å². The third-order valence-corrected chi connectivity index (χ3v) is 5.59. The Hall–Kier alpha value is -2.36. The van der Waals surface area contributed by atoms with Gasteiger partial charge in [0.05, 0.1) is 22.8 Å². The smallest absolute Gasteiger partial charge is 0.255 e. The van der Waals surface area contributed by atoms with Crippen LogP contribution in [0.5, 0.6) is 0 Å². The molecule has 7 nitrogen and oxygen atoms in total. The summed E-state index contributed by atoms with van der Waals surface area (Å²) in [5.41, 5.74) is 1.06. The first kappa shape index (κ1) is 19.9. The van der Waals surface area contributed by atoms with Gasteiger partial charge in [-0.1, -0.05) is 33.6 Å². The molecule has 0 atom stereocenters. The molecule has 1 aromatic heterocycles. The Labute approximate surface area is 180 Å². The van der Waals surface area contributed by atoms with Crippen LogP contribution in [-0.2, 0) is 6.54 Å². The molecule has 2 aromatic carbocycles. The van der Waals surface area contributed by atoms with Crippen LogP contribution >= 0.6 is 27.5 Å². The molecule has 0 radical (unpaired) electrons. The zero-order valence-electron chi connectivity index (χ0n) is 15.3. The van der Waals surface area contributed by atoms with Crippen molar-refractivity contribution in [3.05, 3.63) is 69.2 Å². The van der Waals surface area contributed by atoms with Crippen LogP contribution in [0.2, 0.25) is 5.02 Å². The molecule has 0 bridgehead atoms. The van der Waals surface area contributed by atoms with Crippen LogP contribution in [0.15, 0.2) is 46.9 Å². The summed E-state index contributed by atoms with van der Waals surface area (Å²) in [7, 11) is 0. The average molecular weight is 480 g/mol. The van der Waals surface area contributed by atoms with Crippen molar-refractivity contribution in [1.29, 1.82) is 0 Å². The van der Waals surface area contributed by atoms with Gasteiger partial charge in [0.15, 0.2) is 5.82 Å². The van der Waals surface area contributed by atoms with E-state index in [2.05, 4.69) is 36.4 Å². The van der Waals surface area contributed by atoms with E-state index in [0.29, 0.717) is 54.8 Å². The predicted molar refractivity (Wildman–Crippen MR) is 109 cm³/mol. The van der Waals surface area contributed by atoms with Crippen LogP contribution < -0.4 is 0 Å². The molecule has 3 aromatic rings. The highest BCUT2D eigenvalue weighted by Gasteiger charge is 2.25. The molecule has 29 heavy (non-hydrogen) atoms. The fourth-order valence-electron chi connectivity index (χ4n) is 3.25. The molecule has 4 rings (SSSR count). The SMILES string of the molecule is O=C(c1cc(Br)ccc1Cl)N1CCN(Cc2nnnn2-c2cccc(F)c2)CC1. The molecular weight excluding hydrogens is 463 g/mol. The fraction of sp³-hybridized carbons (Fsp3) is 0.263. The summed E-state index contributed by atoms with van der Waals surface area (Å²) in [6.07, 6.45) is 0. The van der Waals surface area contributed by atoms with Crippen molar-refractivity contribution in [3.63, 3.8) is 0 Å². The molecule has 1 saturated heterocycles. The minimum atomic E-state index is -0.345. The van der Waals surface area contributed by atoms with Gasteiger partial charge in [-0.2, -0.15) is 4.68 Å². The number of tetrazole rings is 1. The summed E-state index contributed by atoms with van der Waals surface area (Å²) < 4.78 is 15.9. The van der Waals surface area contributed by atoms with E-state index >= 15 is 0 Å². The van der Waals surface area contributed by atoms with Crippen LogP contribution in [0.3, 0.4) is 0 Å². The summed E-state index contributed by atoms with van der Waals surface area (Å²) in [5, 5.41) is 12.2. The van der Waals surface area contributed by atoms with Gasteiger partial charge < -0.3 is 4.90 Å². The first-order valence-electron chi connectivity index (χ1n) is 9.01. The topological polar surface area (TPSA) is 67.2 Å². The lowest BCUT2D eigenvalue weighted by atomic mass is 10.2. The first-order chi connectivity index (χ1) is 14.0. The van der Waals surface area contributed by atoms with Gasteiger partial charge in [-0.05, 0) is 46.8 Å². The van der Waals surface area contributed by atoms with Crippen molar-refractivity contribution in [2.45, 2.75) is 6.54 Å². The third-order valence-electron chi connectivity index (χ3n) is 4.77. The molecule has 1 aliphatic heterocycles. The number of carbonyl (C=O) groups is 1. The maximum Gasteiger partial charge on any atom is 0.255 e. The standard InChI is InChI=1S/C19H17BrClFN6O/c20-13-4-5-17(21)16(10-13)19(29)27-8-6-26(7-9-27)12-18-23-24-25-28(18)15-3-1-2-14(22)11-15/h1-5,10-11H,6-9,12H2. The molecule has 1 fully saturated rings. The van der Waals surface area contributed by atoms with E-state index in [1.54, 1.807) is 35.2 Å². The van der Waals surface area contributed by atoms with Crippen LogP contribution in [0.25, 0.3) is 5.69 Å². The summed E-state index contributed by atoms with van der Waals surface area (Å²) in [4.78, 5) is 16.7. The Bertz CT molecular complexity index is 1040. The largest absolute Gasteiger partial charge is 0.336 e. The van der Waals surface area contributed by atoms with Crippen LogP contribution in [0.4, 0.5) is 4.39 Å². The van der Waals surface area contributed by atoms with E-state index in [0.717, 1.165) is 4.47 Å². The Morgan fingerprint density at radius 2 is 1.93 bits per heavy atom. The monoisotopic (exact) mass is 478 g/mol. The molecular formula is C19H17BrClFN6O. The first-order valence-corrected chi connectivity index (χ1v) is 10.2. The minimum absolute atomic E-state index is 0.0828. The Balaban J connectivity index is 1.41. The third kappa shape index (κ3) is 4.47. The van der Waals surface area contributed by atoms with Gasteiger partial charge in [0, 0.05) is 30.7 Å². The fourth-order valence-corrected chi connectivity index (χ4v) is 3.81. The van der Waals surface area contributed by atoms with Crippen molar-refractivity contribution >= 4 is 33.4 Å². The van der Waals surface area contributed by atoms with Crippen molar-refractivity contribution < 1.29 is 9.18 Å². The number of piperazine rings is 1. The molecule has 150 valence electrons. The molecule has 0 unspecified atom stereocenters. The summed E-state index contributed by atoms with van der Waals surface area (Å²) in [6, 6.07) is 11.4. The normalized spacial score (nSPS) is 14.9. The summed E-state index contributed by atoms with van der Waals surface area (Å²) >= 11 is 9.57. The highest BCUT2D eigenvalue weighted by atomic mass is 79.9. The number of aromatic nitrogens is 4. The second-order valence-corrected chi connectivity index (χ2v) is 8.00. The lowest BCUT2D eigenvalue weighted by Crippen LogP contribution is -2.48. The van der Waals surface area contributed by atoms with E-state index < -0.39 is 0 Å². The van der Waals surface area contributed by atoms with E-state index in [4.69, 9.17) is 11.6 Å². The van der Waals surface area contributed by atoms with Crippen molar-refractivity contribution in [3.8, 4) is 5.69 Å². The lowest BCUT2D eigenvalue weighted by Gasteiger charge is -2.34. The minimum Gasteiger partial charge on any atom is -0.336 e. The highest BCUT2D eigenvalue weighted by Crippen LogP contribution is 2.23. The molecule has 0 aliphatic carbocycles. The van der Waals surface area contributed by atoms with Gasteiger partial charge >= 0.3 is 0 Å². The molecule has 1 amide bonds. The number of benzene rings is 2. The van der Waals surface area contributed by atoms with Crippen molar-refractivity contribution in [1.82, 2.24) is 30.0 Å². The lowest BCUT2D eigenvalue weighted by molar-refractivity contribution is 0.0624. The van der Waals surface area contributed by atoms with Gasteiger partial charge in [-0.25, -0.2) is 4.39 Å². The molecule has 1 aliphatic rings. The molecule has 2 heterocycles. The quantitative estimate of drug-likeness (QED) is 0.575. The van der Waals surface area contributed by atoms with Crippen molar-refractivity contribution in [2.75, 3.05) is 26.2 Å². The van der Waals surface area contributed by atoms with E-state index in [-0.39, 0.29) is 11.7 Å². The highest BCUT2D eigenvalue weighted by molar-refractivity contribution is 9.10.